The van der Waals surface area contributed by atoms with Crippen molar-refractivity contribution in [3.8, 4) is 0 Å². The maximum absolute atomic E-state index is 13.0. The fraction of sp³-hybridized carbons (Fsp3) is 0.591. The molecule has 29 heavy (non-hydrogen) atoms. The molecule has 2 saturated heterocycles. The van der Waals surface area contributed by atoms with Gasteiger partial charge in [-0.05, 0) is 49.8 Å². The van der Waals surface area contributed by atoms with Gasteiger partial charge in [-0.1, -0.05) is 0 Å². The molecule has 154 valence electrons. The number of fused-ring (bicyclic) bond motifs is 1. The number of hydrogen-bond donors (Lipinski definition) is 0. The number of aromatic nitrogens is 1. The Bertz CT molecular complexity index is 906. The Kier molecular flexibility index (Phi) is 4.99. The summed E-state index contributed by atoms with van der Waals surface area (Å²) in [5.74, 6) is 1.88. The molecule has 1 aliphatic carbocycles. The number of amides is 2. The van der Waals surface area contributed by atoms with Crippen molar-refractivity contribution in [3.05, 3.63) is 29.7 Å². The van der Waals surface area contributed by atoms with Crippen LogP contribution in [0.5, 0.6) is 0 Å². The van der Waals surface area contributed by atoms with Crippen LogP contribution in [0, 0.1) is 5.92 Å². The highest BCUT2D eigenvalue weighted by molar-refractivity contribution is 5.97. The summed E-state index contributed by atoms with van der Waals surface area (Å²) in [6.07, 6.45) is 4.61. The Labute approximate surface area is 170 Å². The summed E-state index contributed by atoms with van der Waals surface area (Å²) in [4.78, 5) is 33.8. The molecule has 3 aliphatic rings. The van der Waals surface area contributed by atoms with Crippen molar-refractivity contribution in [2.24, 2.45) is 5.92 Å². The highest BCUT2D eigenvalue weighted by Crippen LogP contribution is 2.40. The van der Waals surface area contributed by atoms with E-state index in [0.717, 1.165) is 42.7 Å². The number of oxazole rings is 1. The first-order valence-corrected chi connectivity index (χ1v) is 10.7. The molecule has 3 fully saturated rings. The standard InChI is InChI=1S/C22H27N3O4/c26-20(24-9-11-28-12-10-24)13-15-5-7-25(8-6-15)22(27)17-3-4-19-18(14-17)23-21(29-19)16-1-2-16/h3-4,14-16H,1-2,5-13H2. The molecule has 2 aromatic rings. The summed E-state index contributed by atoms with van der Waals surface area (Å²) in [5, 5.41) is 0. The molecule has 2 aliphatic heterocycles. The normalized spacial score (nSPS) is 21.0. The zero-order valence-corrected chi connectivity index (χ0v) is 16.6. The third kappa shape index (κ3) is 4.01. The van der Waals surface area contributed by atoms with E-state index in [1.165, 1.54) is 0 Å². The predicted octanol–water partition coefficient (Wildman–Crippen LogP) is 2.81. The molecule has 1 saturated carbocycles. The molecule has 1 aromatic heterocycles. The molecule has 7 nitrogen and oxygen atoms in total. The first-order valence-electron chi connectivity index (χ1n) is 10.7. The van der Waals surface area contributed by atoms with Gasteiger partial charge in [0.1, 0.15) is 5.52 Å². The van der Waals surface area contributed by atoms with Crippen molar-refractivity contribution < 1.29 is 18.7 Å². The Morgan fingerprint density at radius 2 is 1.76 bits per heavy atom. The fourth-order valence-corrected chi connectivity index (χ4v) is 4.29. The van der Waals surface area contributed by atoms with Gasteiger partial charge in [-0.3, -0.25) is 9.59 Å². The first kappa shape index (κ1) is 18.6. The second kappa shape index (κ2) is 7.78. The van der Waals surface area contributed by atoms with Gasteiger partial charge in [-0.15, -0.1) is 0 Å². The lowest BCUT2D eigenvalue weighted by Crippen LogP contribution is -2.43. The quantitative estimate of drug-likeness (QED) is 0.793. The molecule has 3 heterocycles. The van der Waals surface area contributed by atoms with Crippen LogP contribution in [-0.4, -0.2) is 66.0 Å². The van der Waals surface area contributed by atoms with Crippen LogP contribution >= 0.6 is 0 Å². The van der Waals surface area contributed by atoms with Crippen molar-refractivity contribution in [2.45, 2.75) is 38.0 Å². The monoisotopic (exact) mass is 397 g/mol. The van der Waals surface area contributed by atoms with Crippen LogP contribution < -0.4 is 0 Å². The van der Waals surface area contributed by atoms with Crippen LogP contribution in [0.3, 0.4) is 0 Å². The van der Waals surface area contributed by atoms with Gasteiger partial charge in [-0.2, -0.15) is 0 Å². The molecule has 7 heteroatoms. The summed E-state index contributed by atoms with van der Waals surface area (Å²) in [6, 6.07) is 5.54. The summed E-state index contributed by atoms with van der Waals surface area (Å²) in [6.45, 7) is 4.06. The van der Waals surface area contributed by atoms with E-state index in [4.69, 9.17) is 9.15 Å². The number of piperidine rings is 1. The smallest absolute Gasteiger partial charge is 0.253 e. The Balaban J connectivity index is 1.17. The zero-order valence-electron chi connectivity index (χ0n) is 16.6. The lowest BCUT2D eigenvalue weighted by atomic mass is 9.92. The van der Waals surface area contributed by atoms with Gasteiger partial charge in [0, 0.05) is 44.1 Å². The van der Waals surface area contributed by atoms with Gasteiger partial charge < -0.3 is 19.0 Å². The SMILES string of the molecule is O=C(CC1CCN(C(=O)c2ccc3oc(C4CC4)nc3c2)CC1)N1CCOCC1. The van der Waals surface area contributed by atoms with E-state index >= 15 is 0 Å². The molecule has 0 radical (unpaired) electrons. The Hall–Kier alpha value is -2.41. The second-order valence-electron chi connectivity index (χ2n) is 8.44. The minimum absolute atomic E-state index is 0.0424. The molecule has 5 rings (SSSR count). The number of ether oxygens (including phenoxy) is 1. The second-order valence-corrected chi connectivity index (χ2v) is 8.44. The zero-order chi connectivity index (χ0) is 19.8. The lowest BCUT2D eigenvalue weighted by Gasteiger charge is -2.33. The van der Waals surface area contributed by atoms with Gasteiger partial charge in [0.25, 0.3) is 5.91 Å². The molecular formula is C22H27N3O4. The highest BCUT2D eigenvalue weighted by Gasteiger charge is 2.30. The molecule has 0 atom stereocenters. The molecular weight excluding hydrogens is 370 g/mol. The molecule has 1 aromatic carbocycles. The predicted molar refractivity (Wildman–Crippen MR) is 107 cm³/mol. The largest absolute Gasteiger partial charge is 0.440 e. The van der Waals surface area contributed by atoms with E-state index in [9.17, 15) is 9.59 Å². The average Bonchev–Trinajstić information content (AvgIpc) is 3.53. The van der Waals surface area contributed by atoms with E-state index in [2.05, 4.69) is 4.98 Å². The van der Waals surface area contributed by atoms with Crippen LogP contribution in [0.2, 0.25) is 0 Å². The van der Waals surface area contributed by atoms with Crippen molar-refractivity contribution >= 4 is 22.9 Å². The van der Waals surface area contributed by atoms with E-state index in [1.807, 2.05) is 28.0 Å². The number of morpholine rings is 1. The topological polar surface area (TPSA) is 75.9 Å². The van der Waals surface area contributed by atoms with Gasteiger partial charge in [0.15, 0.2) is 11.5 Å². The molecule has 0 unspecified atom stereocenters. The van der Waals surface area contributed by atoms with Crippen LogP contribution in [-0.2, 0) is 9.53 Å². The fourth-order valence-electron chi connectivity index (χ4n) is 4.29. The van der Waals surface area contributed by atoms with Gasteiger partial charge in [0.2, 0.25) is 5.91 Å². The summed E-state index contributed by atoms with van der Waals surface area (Å²) in [5.41, 5.74) is 2.18. The number of hydrogen-bond acceptors (Lipinski definition) is 5. The highest BCUT2D eigenvalue weighted by atomic mass is 16.5. The maximum atomic E-state index is 13.0. The van der Waals surface area contributed by atoms with E-state index in [-0.39, 0.29) is 11.8 Å². The van der Waals surface area contributed by atoms with Crippen LogP contribution in [0.1, 0.15) is 54.3 Å². The maximum Gasteiger partial charge on any atom is 0.253 e. The number of rotatable bonds is 4. The lowest BCUT2D eigenvalue weighted by molar-refractivity contribution is -0.136. The molecule has 2 amide bonds. The number of likely N-dealkylation sites (tertiary alicyclic amines) is 1. The number of nitrogens with zero attached hydrogens (tertiary/aromatic N) is 3. The minimum Gasteiger partial charge on any atom is -0.440 e. The van der Waals surface area contributed by atoms with Crippen molar-refractivity contribution in [1.29, 1.82) is 0 Å². The molecule has 0 bridgehead atoms. The molecule has 0 N–H and O–H groups in total. The summed E-state index contributed by atoms with van der Waals surface area (Å²) in [7, 11) is 0. The number of carbonyl (C=O) groups excluding carboxylic acids is 2. The summed E-state index contributed by atoms with van der Waals surface area (Å²) < 4.78 is 11.1. The van der Waals surface area contributed by atoms with Gasteiger partial charge in [-0.25, -0.2) is 4.98 Å². The van der Waals surface area contributed by atoms with Crippen LogP contribution in [0.15, 0.2) is 22.6 Å². The van der Waals surface area contributed by atoms with Crippen molar-refractivity contribution in [1.82, 2.24) is 14.8 Å². The Morgan fingerprint density at radius 3 is 2.48 bits per heavy atom. The third-order valence-corrected chi connectivity index (χ3v) is 6.31. The van der Waals surface area contributed by atoms with Crippen molar-refractivity contribution in [3.63, 3.8) is 0 Å². The van der Waals surface area contributed by atoms with E-state index in [1.54, 1.807) is 0 Å². The average molecular weight is 397 g/mol. The van der Waals surface area contributed by atoms with Crippen LogP contribution in [0.25, 0.3) is 11.1 Å². The van der Waals surface area contributed by atoms with E-state index in [0.29, 0.717) is 63.2 Å². The minimum atomic E-state index is 0.0424. The molecule has 0 spiro atoms. The summed E-state index contributed by atoms with van der Waals surface area (Å²) >= 11 is 0. The Morgan fingerprint density at radius 1 is 1.00 bits per heavy atom. The first-order chi connectivity index (χ1) is 14.2. The number of carbonyl (C=O) groups is 2. The van der Waals surface area contributed by atoms with Crippen LogP contribution in [0.4, 0.5) is 0 Å². The third-order valence-electron chi connectivity index (χ3n) is 6.31. The van der Waals surface area contributed by atoms with Crippen molar-refractivity contribution in [2.75, 3.05) is 39.4 Å². The van der Waals surface area contributed by atoms with E-state index < -0.39 is 0 Å². The number of benzene rings is 1. The van der Waals surface area contributed by atoms with Gasteiger partial charge >= 0.3 is 0 Å². The van der Waals surface area contributed by atoms with Gasteiger partial charge in [0.05, 0.1) is 13.2 Å².